The molecule has 10 nitrogen and oxygen atoms in total. The number of aromatic nitrogens is 4. The van der Waals surface area contributed by atoms with Crippen LogP contribution in [-0.4, -0.2) is 69.9 Å². The Bertz CT molecular complexity index is 1990. The minimum atomic E-state index is -0.430. The quantitative estimate of drug-likeness (QED) is 0.188. The number of carbonyl (C=O) groups excluding carboxylic acids is 2. The van der Waals surface area contributed by atoms with Crippen molar-refractivity contribution in [3.05, 3.63) is 83.3 Å². The average molecular weight is 627 g/mol. The van der Waals surface area contributed by atoms with Crippen LogP contribution >= 0.6 is 11.3 Å². The van der Waals surface area contributed by atoms with Crippen LogP contribution in [0.5, 0.6) is 5.75 Å². The molecule has 5 aromatic rings. The lowest BCUT2D eigenvalue weighted by Crippen LogP contribution is -2.37. The smallest absolute Gasteiger partial charge is 0.251 e. The molecule has 3 aromatic heterocycles. The van der Waals surface area contributed by atoms with Gasteiger partial charge >= 0.3 is 0 Å². The second-order valence-electron chi connectivity index (χ2n) is 10.7. The largest absolute Gasteiger partial charge is 0.490 e. The highest BCUT2D eigenvalue weighted by atomic mass is 32.1. The first-order chi connectivity index (χ1) is 21.9. The van der Waals surface area contributed by atoms with E-state index in [1.54, 1.807) is 22.8 Å². The van der Waals surface area contributed by atoms with Crippen LogP contribution in [0.1, 0.15) is 23.2 Å². The molecule has 2 aromatic carbocycles. The summed E-state index contributed by atoms with van der Waals surface area (Å²) >= 11 is 1.53. The van der Waals surface area contributed by atoms with E-state index in [0.29, 0.717) is 60.5 Å². The number of carbonyl (C=O) groups is 2. The van der Waals surface area contributed by atoms with E-state index in [1.165, 1.54) is 29.5 Å². The van der Waals surface area contributed by atoms with Crippen LogP contribution in [0.15, 0.2) is 60.5 Å². The molecule has 0 saturated heterocycles. The lowest BCUT2D eigenvalue weighted by molar-refractivity contribution is -0.127. The lowest BCUT2D eigenvalue weighted by Gasteiger charge is -2.25. The molecular formula is C33H31FN6O4S. The van der Waals surface area contributed by atoms with E-state index in [1.807, 2.05) is 29.6 Å². The van der Waals surface area contributed by atoms with E-state index in [2.05, 4.69) is 11.9 Å². The van der Waals surface area contributed by atoms with Crippen molar-refractivity contribution in [2.75, 3.05) is 33.4 Å². The standard InChI is InChI=1S/C33H29FN6O4S.H2/c1-3-27(41)39-11-12-40-26(18-39)36-32(38-40)30-28(23-7-5-21(34)17-25(23)44-14-13-43-2)31-24(9-15-45-31)29(37-30)20-4-6-22-19(16-20)8-10-35-33(22)42;/h3-7,9,15-17H,1,8,10-14,18H2,2H3,(H,35,42);1H. The number of amides is 2. The number of benzene rings is 2. The van der Waals surface area contributed by atoms with Crippen LogP contribution in [0.25, 0.3) is 44.0 Å². The molecule has 0 atom stereocenters. The van der Waals surface area contributed by atoms with Crippen molar-refractivity contribution in [2.24, 2.45) is 0 Å². The molecule has 230 valence electrons. The first-order valence-electron chi connectivity index (χ1n) is 14.5. The molecule has 0 saturated carbocycles. The van der Waals surface area contributed by atoms with Crippen molar-refractivity contribution in [3.63, 3.8) is 0 Å². The fraction of sp³-hybridized carbons (Fsp3) is 0.242. The Balaban J connectivity index is 0.00000372. The minimum absolute atomic E-state index is 0. The van der Waals surface area contributed by atoms with Gasteiger partial charge < -0.3 is 19.7 Å². The maximum Gasteiger partial charge on any atom is 0.251 e. The van der Waals surface area contributed by atoms with E-state index in [4.69, 9.17) is 24.5 Å². The summed E-state index contributed by atoms with van der Waals surface area (Å²) < 4.78 is 28.5. The Kier molecular flexibility index (Phi) is 7.60. The Morgan fingerprint density at radius 2 is 2.00 bits per heavy atom. The zero-order chi connectivity index (χ0) is 31.1. The second kappa shape index (κ2) is 11.9. The summed E-state index contributed by atoms with van der Waals surface area (Å²) in [5.41, 5.74) is 5.07. The molecule has 0 unspecified atom stereocenters. The summed E-state index contributed by atoms with van der Waals surface area (Å²) in [4.78, 5) is 36.6. The lowest BCUT2D eigenvalue weighted by atomic mass is 9.94. The van der Waals surface area contributed by atoms with Gasteiger partial charge in [0, 0.05) is 60.0 Å². The fourth-order valence-electron chi connectivity index (χ4n) is 5.84. The first-order valence-corrected chi connectivity index (χ1v) is 15.4. The third kappa shape index (κ3) is 5.25. The van der Waals surface area contributed by atoms with Gasteiger partial charge in [-0.25, -0.2) is 19.0 Å². The van der Waals surface area contributed by atoms with Gasteiger partial charge in [-0.2, -0.15) is 0 Å². The third-order valence-electron chi connectivity index (χ3n) is 8.03. The van der Waals surface area contributed by atoms with Crippen LogP contribution in [0, 0.1) is 5.82 Å². The van der Waals surface area contributed by atoms with Gasteiger partial charge in [0.25, 0.3) is 5.91 Å². The maximum absolute atomic E-state index is 14.6. The molecule has 1 N–H and O–H groups in total. The number of thiophene rings is 1. The molecular weight excluding hydrogens is 595 g/mol. The van der Waals surface area contributed by atoms with Crippen molar-refractivity contribution in [3.8, 4) is 39.7 Å². The van der Waals surface area contributed by atoms with Crippen LogP contribution in [-0.2, 0) is 29.0 Å². The van der Waals surface area contributed by atoms with Crippen LogP contribution in [0.4, 0.5) is 4.39 Å². The molecule has 0 spiro atoms. The molecule has 45 heavy (non-hydrogen) atoms. The topological polar surface area (TPSA) is 111 Å². The van der Waals surface area contributed by atoms with Crippen molar-refractivity contribution in [1.29, 1.82) is 0 Å². The van der Waals surface area contributed by atoms with Crippen LogP contribution in [0.3, 0.4) is 0 Å². The van der Waals surface area contributed by atoms with E-state index >= 15 is 0 Å². The van der Waals surface area contributed by atoms with Gasteiger partial charge in [0.15, 0.2) is 0 Å². The zero-order valence-electron chi connectivity index (χ0n) is 24.5. The third-order valence-corrected chi connectivity index (χ3v) is 8.96. The molecule has 2 aliphatic rings. The molecule has 5 heterocycles. The zero-order valence-corrected chi connectivity index (χ0v) is 25.3. The average Bonchev–Trinajstić information content (AvgIpc) is 3.71. The van der Waals surface area contributed by atoms with Gasteiger partial charge in [0.1, 0.15) is 29.7 Å². The highest BCUT2D eigenvalue weighted by Crippen LogP contribution is 2.45. The van der Waals surface area contributed by atoms with Crippen LogP contribution < -0.4 is 10.1 Å². The Morgan fingerprint density at radius 3 is 2.84 bits per heavy atom. The molecule has 7 rings (SSSR count). The number of nitrogens with one attached hydrogen (secondary N) is 1. The number of hydrogen-bond donors (Lipinski definition) is 1. The number of fused-ring (bicyclic) bond motifs is 3. The van der Waals surface area contributed by atoms with E-state index < -0.39 is 5.82 Å². The monoisotopic (exact) mass is 626 g/mol. The summed E-state index contributed by atoms with van der Waals surface area (Å²) in [6.45, 7) is 5.99. The fourth-order valence-corrected chi connectivity index (χ4v) is 6.80. The number of methoxy groups -OCH3 is 1. The van der Waals surface area contributed by atoms with Crippen molar-refractivity contribution in [2.45, 2.75) is 19.5 Å². The van der Waals surface area contributed by atoms with Gasteiger partial charge in [-0.05, 0) is 53.8 Å². The summed E-state index contributed by atoms with van der Waals surface area (Å²) in [5.74, 6) is 0.680. The van der Waals surface area contributed by atoms with Gasteiger partial charge in [-0.15, -0.1) is 16.4 Å². The molecule has 2 amide bonds. The number of nitrogens with zero attached hydrogens (tertiary/aromatic N) is 5. The summed E-state index contributed by atoms with van der Waals surface area (Å²) in [6.07, 6.45) is 2.02. The maximum atomic E-state index is 14.6. The summed E-state index contributed by atoms with van der Waals surface area (Å²) in [7, 11) is 1.58. The molecule has 12 heteroatoms. The molecule has 0 fully saturated rings. The van der Waals surface area contributed by atoms with E-state index in [-0.39, 0.29) is 26.4 Å². The van der Waals surface area contributed by atoms with Crippen LogP contribution in [0.2, 0.25) is 0 Å². The highest BCUT2D eigenvalue weighted by molar-refractivity contribution is 7.18. The van der Waals surface area contributed by atoms with Crippen molar-refractivity contribution in [1.82, 2.24) is 30.0 Å². The number of rotatable bonds is 8. The predicted molar refractivity (Wildman–Crippen MR) is 171 cm³/mol. The number of pyridine rings is 1. The summed E-state index contributed by atoms with van der Waals surface area (Å²) in [6, 6.07) is 12.2. The molecule has 0 aliphatic carbocycles. The van der Waals surface area contributed by atoms with Crippen molar-refractivity contribution >= 4 is 33.2 Å². The summed E-state index contributed by atoms with van der Waals surface area (Å²) in [5, 5.41) is 10.6. The second-order valence-corrected chi connectivity index (χ2v) is 11.7. The number of ether oxygens (including phenoxy) is 2. The first kappa shape index (κ1) is 28.8. The van der Waals surface area contributed by atoms with E-state index in [0.717, 1.165) is 38.9 Å². The van der Waals surface area contributed by atoms with Gasteiger partial charge in [-0.1, -0.05) is 12.6 Å². The van der Waals surface area contributed by atoms with Gasteiger partial charge in [-0.3, -0.25) is 9.59 Å². The Hall–Kier alpha value is -4.94. The van der Waals surface area contributed by atoms with E-state index in [9.17, 15) is 14.0 Å². The molecule has 2 aliphatic heterocycles. The molecule has 0 bridgehead atoms. The molecule has 0 radical (unpaired) electrons. The number of halogens is 1. The predicted octanol–water partition coefficient (Wildman–Crippen LogP) is 5.11. The van der Waals surface area contributed by atoms with Gasteiger partial charge in [0.05, 0.1) is 25.4 Å². The Morgan fingerprint density at radius 1 is 1.13 bits per heavy atom. The van der Waals surface area contributed by atoms with Gasteiger partial charge in [0.2, 0.25) is 11.7 Å². The Labute approximate surface area is 263 Å². The van der Waals surface area contributed by atoms with Crippen molar-refractivity contribution < 1.29 is 24.9 Å². The number of hydrogen-bond acceptors (Lipinski definition) is 8. The highest BCUT2D eigenvalue weighted by Gasteiger charge is 2.28. The minimum Gasteiger partial charge on any atom is -0.490 e. The normalized spacial score (nSPS) is 14.2. The SMILES string of the molecule is C=CC(=O)N1CCn2nc(-c3nc(-c4ccc5c(c4)CCNC5=O)c4ccsc4c3-c3ccc(F)cc3OCCOC)nc2C1.[HH].